The van der Waals surface area contributed by atoms with Crippen molar-refractivity contribution in [1.29, 1.82) is 0 Å². The van der Waals surface area contributed by atoms with Crippen LogP contribution in [0.25, 0.3) is 0 Å². The summed E-state index contributed by atoms with van der Waals surface area (Å²) in [5, 5.41) is 0. The molecule has 0 aliphatic heterocycles. The summed E-state index contributed by atoms with van der Waals surface area (Å²) in [6.07, 6.45) is 47.9. The Morgan fingerprint density at radius 2 is 0.865 bits per heavy atom. The third-order valence-corrected chi connectivity index (χ3v) is 8.99. The van der Waals surface area contributed by atoms with Crippen molar-refractivity contribution >= 4 is 19.8 Å². The maximum absolute atomic E-state index is 12.4. The van der Waals surface area contributed by atoms with Gasteiger partial charge in [0.15, 0.2) is 6.10 Å². The smallest absolute Gasteiger partial charge is 0.462 e. The molecule has 0 fully saturated rings. The predicted octanol–water partition coefficient (Wildman–Crippen LogP) is 12.5. The van der Waals surface area contributed by atoms with E-state index in [4.69, 9.17) is 19.3 Å². The van der Waals surface area contributed by atoms with E-state index in [-0.39, 0.29) is 19.4 Å². The Morgan fingerprint density at radius 1 is 0.500 bits per heavy atom. The molecule has 0 rings (SSSR count). The minimum absolute atomic E-state index is 0.171. The van der Waals surface area contributed by atoms with Crippen molar-refractivity contribution < 1.29 is 37.9 Å². The van der Waals surface area contributed by atoms with Crippen LogP contribution >= 0.6 is 7.82 Å². The number of carbonyl (C=O) groups is 2. The molecule has 9 heteroatoms. The molecule has 0 aromatic carbocycles. The van der Waals surface area contributed by atoms with Crippen LogP contribution in [0.5, 0.6) is 0 Å². The van der Waals surface area contributed by atoms with E-state index >= 15 is 0 Å². The van der Waals surface area contributed by atoms with Gasteiger partial charge >= 0.3 is 19.8 Å². The highest BCUT2D eigenvalue weighted by Gasteiger charge is 2.22. The van der Waals surface area contributed by atoms with E-state index in [9.17, 15) is 14.2 Å². The number of esters is 2. The molecule has 300 valence electrons. The first-order valence-corrected chi connectivity index (χ1v) is 22.1. The Morgan fingerprint density at radius 3 is 1.37 bits per heavy atom. The maximum Gasteiger partial charge on any atom is 0.469 e. The van der Waals surface area contributed by atoms with E-state index in [0.29, 0.717) is 12.8 Å². The summed E-state index contributed by atoms with van der Waals surface area (Å²) in [5.74, 6) is -0.929. The van der Waals surface area contributed by atoms with Crippen molar-refractivity contribution in [2.24, 2.45) is 0 Å². The van der Waals surface area contributed by atoms with Crippen LogP contribution in [0, 0.1) is 0 Å². The van der Waals surface area contributed by atoms with Crippen LogP contribution in [-0.2, 0) is 28.2 Å². The molecule has 0 aliphatic carbocycles. The van der Waals surface area contributed by atoms with Crippen molar-refractivity contribution in [1.82, 2.24) is 0 Å². The van der Waals surface area contributed by atoms with Crippen LogP contribution in [0.2, 0.25) is 0 Å². The number of phosphoric ester groups is 1. The summed E-state index contributed by atoms with van der Waals surface area (Å²) in [6.45, 7) is 3.61. The number of allylic oxidation sites excluding steroid dienone is 10. The summed E-state index contributed by atoms with van der Waals surface area (Å²) < 4.78 is 26.3. The van der Waals surface area contributed by atoms with Crippen LogP contribution in [0.1, 0.15) is 181 Å². The predicted molar refractivity (Wildman–Crippen MR) is 216 cm³/mol. The van der Waals surface area contributed by atoms with Gasteiger partial charge in [-0.05, 0) is 83.5 Å². The minimum Gasteiger partial charge on any atom is -0.462 e. The number of hydrogen-bond acceptors (Lipinski definition) is 6. The van der Waals surface area contributed by atoms with Gasteiger partial charge in [0.1, 0.15) is 6.61 Å². The Labute approximate surface area is 317 Å². The highest BCUT2D eigenvalue weighted by Crippen LogP contribution is 2.36. The second kappa shape index (κ2) is 38.5. The topological polar surface area (TPSA) is 119 Å². The zero-order valence-corrected chi connectivity index (χ0v) is 33.8. The second-order valence-corrected chi connectivity index (χ2v) is 14.8. The third kappa shape index (κ3) is 40.5. The van der Waals surface area contributed by atoms with E-state index in [1.807, 2.05) is 0 Å². The molecule has 0 heterocycles. The number of carbonyl (C=O) groups excluding carboxylic acids is 2. The Kier molecular flexibility index (Phi) is 36.8. The summed E-state index contributed by atoms with van der Waals surface area (Å²) in [6, 6.07) is 0. The number of rotatable bonds is 37. The van der Waals surface area contributed by atoms with Crippen molar-refractivity contribution in [2.75, 3.05) is 13.2 Å². The molecule has 0 aliphatic rings. The molecule has 0 radical (unpaired) electrons. The fourth-order valence-corrected chi connectivity index (χ4v) is 5.77. The molecule has 0 saturated heterocycles. The average molecular weight is 751 g/mol. The quantitative estimate of drug-likeness (QED) is 0.0279. The van der Waals surface area contributed by atoms with Crippen LogP contribution in [0.15, 0.2) is 60.8 Å². The number of ether oxygens (including phenoxy) is 2. The Bertz CT molecular complexity index is 1030. The highest BCUT2D eigenvalue weighted by molar-refractivity contribution is 7.46. The summed E-state index contributed by atoms with van der Waals surface area (Å²) in [7, 11) is -4.77. The molecule has 0 spiro atoms. The van der Waals surface area contributed by atoms with E-state index in [0.717, 1.165) is 64.2 Å². The first-order chi connectivity index (χ1) is 25.3. The molecular formula is C43H75O8P. The van der Waals surface area contributed by atoms with E-state index < -0.39 is 32.5 Å². The SMILES string of the molecule is CCCCC/C=C/C/C=C/C/C=C/C/C=C/CCCCCC(=O)O[C@H](COC(=O)CCCCCCCCC/C=C/CCCCCC)COP(=O)(O)O. The van der Waals surface area contributed by atoms with Gasteiger partial charge in [0.2, 0.25) is 0 Å². The fourth-order valence-electron chi connectivity index (χ4n) is 5.41. The fraction of sp³-hybridized carbons (Fsp3) is 0.721. The zero-order chi connectivity index (χ0) is 38.2. The van der Waals surface area contributed by atoms with E-state index in [1.165, 1.54) is 77.0 Å². The lowest BCUT2D eigenvalue weighted by Gasteiger charge is -2.18. The molecule has 0 aromatic rings. The van der Waals surface area contributed by atoms with Gasteiger partial charge in [0.25, 0.3) is 0 Å². The van der Waals surface area contributed by atoms with Crippen molar-refractivity contribution in [2.45, 2.75) is 187 Å². The molecule has 52 heavy (non-hydrogen) atoms. The Balaban J connectivity index is 4.02. The van der Waals surface area contributed by atoms with E-state index in [1.54, 1.807) is 0 Å². The Hall–Kier alpha value is -2.25. The monoisotopic (exact) mass is 751 g/mol. The summed E-state index contributed by atoms with van der Waals surface area (Å²) in [4.78, 5) is 42.8. The van der Waals surface area contributed by atoms with Crippen LogP contribution < -0.4 is 0 Å². The van der Waals surface area contributed by atoms with Gasteiger partial charge in [-0.25, -0.2) is 4.57 Å². The normalized spacial score (nSPS) is 13.1. The molecule has 0 aromatic heterocycles. The van der Waals surface area contributed by atoms with Crippen LogP contribution in [-0.4, -0.2) is 41.0 Å². The highest BCUT2D eigenvalue weighted by atomic mass is 31.2. The summed E-state index contributed by atoms with van der Waals surface area (Å²) >= 11 is 0. The van der Waals surface area contributed by atoms with Crippen LogP contribution in [0.4, 0.5) is 0 Å². The largest absolute Gasteiger partial charge is 0.469 e. The molecule has 8 nitrogen and oxygen atoms in total. The lowest BCUT2D eigenvalue weighted by atomic mass is 10.1. The van der Waals surface area contributed by atoms with Gasteiger partial charge in [-0.1, -0.05) is 145 Å². The van der Waals surface area contributed by atoms with Crippen molar-refractivity contribution in [3.63, 3.8) is 0 Å². The molecule has 0 bridgehead atoms. The molecule has 0 saturated carbocycles. The molecule has 2 N–H and O–H groups in total. The lowest BCUT2D eigenvalue weighted by molar-refractivity contribution is -0.161. The van der Waals surface area contributed by atoms with Gasteiger partial charge in [-0.15, -0.1) is 0 Å². The first kappa shape index (κ1) is 49.8. The number of phosphoric acid groups is 1. The zero-order valence-electron chi connectivity index (χ0n) is 32.9. The maximum atomic E-state index is 12.4. The molecule has 0 amide bonds. The standard InChI is InChI=1S/C43H75O8P/c1-3-5-7-9-11-13-15-17-19-20-21-22-24-26-28-30-32-34-36-38-43(45)51-41(40-50-52(46,47)48)39-49-42(44)37-35-33-31-29-27-25-23-18-16-14-12-10-8-6-4-2/h11,13-14,16-17,19,21-22,26,28,41H,3-10,12,15,18,20,23-25,27,29-40H2,1-2H3,(H2,46,47,48)/b13-11+,16-14+,19-17+,22-21+,28-26+/t41-/m1/s1. The summed E-state index contributed by atoms with van der Waals surface area (Å²) in [5.41, 5.74) is 0. The van der Waals surface area contributed by atoms with E-state index in [2.05, 4.69) is 79.1 Å². The number of unbranched alkanes of at least 4 members (excludes halogenated alkanes) is 17. The first-order valence-electron chi connectivity index (χ1n) is 20.6. The second-order valence-electron chi connectivity index (χ2n) is 13.6. The third-order valence-electron chi connectivity index (χ3n) is 8.51. The lowest BCUT2D eigenvalue weighted by Crippen LogP contribution is -2.29. The van der Waals surface area contributed by atoms with Gasteiger partial charge in [-0.3, -0.25) is 14.1 Å². The van der Waals surface area contributed by atoms with Gasteiger partial charge in [-0.2, -0.15) is 0 Å². The minimum atomic E-state index is -4.77. The van der Waals surface area contributed by atoms with Crippen LogP contribution in [0.3, 0.4) is 0 Å². The number of hydrogen-bond donors (Lipinski definition) is 2. The van der Waals surface area contributed by atoms with Gasteiger partial charge in [0, 0.05) is 12.8 Å². The van der Waals surface area contributed by atoms with Crippen molar-refractivity contribution in [3.05, 3.63) is 60.8 Å². The van der Waals surface area contributed by atoms with Gasteiger partial charge < -0.3 is 19.3 Å². The van der Waals surface area contributed by atoms with Gasteiger partial charge in [0.05, 0.1) is 6.61 Å². The molecular weight excluding hydrogens is 675 g/mol. The molecule has 1 atom stereocenters. The molecule has 0 unspecified atom stereocenters. The van der Waals surface area contributed by atoms with Crippen molar-refractivity contribution in [3.8, 4) is 0 Å². The average Bonchev–Trinajstić information content (AvgIpc) is 3.11.